The predicted molar refractivity (Wildman–Crippen MR) is 92.9 cm³/mol. The van der Waals surface area contributed by atoms with E-state index in [1.165, 1.54) is 11.1 Å². The van der Waals surface area contributed by atoms with E-state index in [1.807, 2.05) is 25.3 Å². The Kier molecular flexibility index (Phi) is 4.89. The van der Waals surface area contributed by atoms with E-state index in [2.05, 4.69) is 52.8 Å². The van der Waals surface area contributed by atoms with Crippen LogP contribution in [0, 0.1) is 12.3 Å². The van der Waals surface area contributed by atoms with Crippen LogP contribution in [-0.2, 0) is 6.54 Å². The topological polar surface area (TPSA) is 45.1 Å². The molecule has 0 radical (unpaired) electrons. The van der Waals surface area contributed by atoms with Crippen molar-refractivity contribution < 1.29 is 5.11 Å². The van der Waals surface area contributed by atoms with Gasteiger partial charge in [0.05, 0.1) is 6.61 Å². The summed E-state index contributed by atoms with van der Waals surface area (Å²) >= 11 is 0. The molecule has 0 amide bonds. The number of benzene rings is 1. The van der Waals surface area contributed by atoms with Gasteiger partial charge in [-0.3, -0.25) is 4.98 Å². The quantitative estimate of drug-likeness (QED) is 0.802. The van der Waals surface area contributed by atoms with Gasteiger partial charge in [-0.05, 0) is 43.0 Å². The summed E-state index contributed by atoms with van der Waals surface area (Å²) in [4.78, 5) is 4.25. The lowest BCUT2D eigenvalue weighted by Gasteiger charge is -2.37. The molecule has 1 aromatic carbocycles. The second kappa shape index (κ2) is 7.07. The number of allylic oxidation sites excluding steroid dienone is 2. The number of aliphatic hydroxyl groups is 1. The predicted octanol–water partition coefficient (Wildman–Crippen LogP) is 3.55. The van der Waals surface area contributed by atoms with E-state index in [1.54, 1.807) is 0 Å². The second-order valence-corrected chi connectivity index (χ2v) is 6.43. The van der Waals surface area contributed by atoms with Crippen LogP contribution in [-0.4, -0.2) is 16.7 Å². The Morgan fingerprint density at radius 2 is 1.91 bits per heavy atom. The van der Waals surface area contributed by atoms with E-state index in [4.69, 9.17) is 0 Å². The molecule has 0 aliphatic heterocycles. The molecule has 0 spiro atoms. The van der Waals surface area contributed by atoms with E-state index >= 15 is 0 Å². The van der Waals surface area contributed by atoms with Crippen molar-refractivity contribution in [1.29, 1.82) is 0 Å². The molecule has 3 nitrogen and oxygen atoms in total. The van der Waals surface area contributed by atoms with Crippen LogP contribution in [0.25, 0.3) is 0 Å². The van der Waals surface area contributed by atoms with Gasteiger partial charge in [0.15, 0.2) is 0 Å². The summed E-state index contributed by atoms with van der Waals surface area (Å²) in [6.07, 6.45) is 8.04. The minimum atomic E-state index is -0.149. The Balaban J connectivity index is 1.84. The lowest BCUT2D eigenvalue weighted by atomic mass is 9.75. The lowest BCUT2D eigenvalue weighted by Crippen LogP contribution is -2.39. The number of hydrogen-bond acceptors (Lipinski definition) is 3. The monoisotopic (exact) mass is 308 g/mol. The van der Waals surface area contributed by atoms with Crippen molar-refractivity contribution in [3.05, 3.63) is 77.6 Å². The van der Waals surface area contributed by atoms with E-state index in [0.29, 0.717) is 0 Å². The number of aryl methyl sites for hydroxylation is 1. The van der Waals surface area contributed by atoms with Crippen LogP contribution in [0.2, 0.25) is 0 Å². The first-order chi connectivity index (χ1) is 11.2. The molecule has 0 bridgehead atoms. The molecule has 2 aromatic rings. The van der Waals surface area contributed by atoms with Crippen LogP contribution in [0.1, 0.15) is 35.7 Å². The fourth-order valence-corrected chi connectivity index (χ4v) is 3.44. The smallest absolute Gasteiger partial charge is 0.0511 e. The maximum atomic E-state index is 10.1. The molecule has 3 heteroatoms. The third-order valence-corrected chi connectivity index (χ3v) is 4.75. The maximum absolute atomic E-state index is 10.1. The van der Waals surface area contributed by atoms with Gasteiger partial charge in [0, 0.05) is 29.9 Å². The molecular formula is C20H24N2O. The number of pyridine rings is 1. The molecule has 0 fully saturated rings. The summed E-state index contributed by atoms with van der Waals surface area (Å²) in [6.45, 7) is 2.96. The van der Waals surface area contributed by atoms with Crippen molar-refractivity contribution in [2.24, 2.45) is 5.41 Å². The van der Waals surface area contributed by atoms with Gasteiger partial charge < -0.3 is 10.4 Å². The lowest BCUT2D eigenvalue weighted by molar-refractivity contribution is 0.0908. The highest BCUT2D eigenvalue weighted by Gasteiger charge is 2.39. The van der Waals surface area contributed by atoms with Gasteiger partial charge in [0.1, 0.15) is 0 Å². The standard InChI is InChI=1S/C20H24N2O/c1-16-13-17(9-12-21-16)14-22-19(18-7-3-2-4-8-18)20(15-23)10-5-6-11-20/h2-9,12-13,19,22-23H,10-11,14-15H2,1H3. The van der Waals surface area contributed by atoms with Crippen LogP contribution in [0.15, 0.2) is 60.8 Å². The number of hydrogen-bond donors (Lipinski definition) is 2. The van der Waals surface area contributed by atoms with Crippen LogP contribution in [0.5, 0.6) is 0 Å². The summed E-state index contributed by atoms with van der Waals surface area (Å²) in [6, 6.07) is 14.7. The largest absolute Gasteiger partial charge is 0.396 e. The van der Waals surface area contributed by atoms with E-state index in [0.717, 1.165) is 25.1 Å². The van der Waals surface area contributed by atoms with Gasteiger partial charge in [-0.15, -0.1) is 0 Å². The average molecular weight is 308 g/mol. The highest BCUT2D eigenvalue weighted by atomic mass is 16.3. The number of aromatic nitrogens is 1. The third-order valence-electron chi connectivity index (χ3n) is 4.75. The van der Waals surface area contributed by atoms with Crippen molar-refractivity contribution >= 4 is 0 Å². The molecule has 1 atom stereocenters. The Hall–Kier alpha value is -1.97. The molecule has 2 N–H and O–H groups in total. The van der Waals surface area contributed by atoms with Crippen molar-refractivity contribution in [3.63, 3.8) is 0 Å². The summed E-state index contributed by atoms with van der Waals surface area (Å²) in [5, 5.41) is 13.8. The third kappa shape index (κ3) is 3.52. The minimum absolute atomic E-state index is 0.122. The van der Waals surface area contributed by atoms with Crippen molar-refractivity contribution in [2.75, 3.05) is 6.61 Å². The summed E-state index contributed by atoms with van der Waals surface area (Å²) < 4.78 is 0. The van der Waals surface area contributed by atoms with Crippen molar-refractivity contribution in [1.82, 2.24) is 10.3 Å². The van der Waals surface area contributed by atoms with Crippen LogP contribution < -0.4 is 5.32 Å². The van der Waals surface area contributed by atoms with Gasteiger partial charge in [0.25, 0.3) is 0 Å². The number of nitrogens with zero attached hydrogens (tertiary/aromatic N) is 1. The number of nitrogens with one attached hydrogen (secondary N) is 1. The molecule has 1 heterocycles. The van der Waals surface area contributed by atoms with Crippen LogP contribution in [0.4, 0.5) is 0 Å². The Labute approximate surface area is 138 Å². The molecule has 1 aromatic heterocycles. The minimum Gasteiger partial charge on any atom is -0.396 e. The van der Waals surface area contributed by atoms with E-state index in [-0.39, 0.29) is 18.1 Å². The summed E-state index contributed by atoms with van der Waals surface area (Å²) in [5.74, 6) is 0. The second-order valence-electron chi connectivity index (χ2n) is 6.43. The van der Waals surface area contributed by atoms with Gasteiger partial charge in [-0.1, -0.05) is 42.5 Å². The average Bonchev–Trinajstić information content (AvgIpc) is 3.06. The van der Waals surface area contributed by atoms with Gasteiger partial charge in [-0.25, -0.2) is 0 Å². The highest BCUT2D eigenvalue weighted by Crippen LogP contribution is 2.44. The molecule has 0 saturated carbocycles. The van der Waals surface area contributed by atoms with Gasteiger partial charge in [-0.2, -0.15) is 0 Å². The van der Waals surface area contributed by atoms with Gasteiger partial charge >= 0.3 is 0 Å². The zero-order valence-electron chi connectivity index (χ0n) is 13.6. The van der Waals surface area contributed by atoms with Gasteiger partial charge in [0.2, 0.25) is 0 Å². The molecular weight excluding hydrogens is 284 g/mol. The van der Waals surface area contributed by atoms with Crippen LogP contribution >= 0.6 is 0 Å². The fourth-order valence-electron chi connectivity index (χ4n) is 3.44. The molecule has 1 unspecified atom stereocenters. The van der Waals surface area contributed by atoms with Crippen molar-refractivity contribution in [2.45, 2.75) is 32.4 Å². The van der Waals surface area contributed by atoms with E-state index in [9.17, 15) is 5.11 Å². The molecule has 120 valence electrons. The molecule has 1 aliphatic rings. The maximum Gasteiger partial charge on any atom is 0.0511 e. The fraction of sp³-hybridized carbons (Fsp3) is 0.350. The Bertz CT molecular complexity index is 658. The van der Waals surface area contributed by atoms with Crippen LogP contribution in [0.3, 0.4) is 0 Å². The first-order valence-corrected chi connectivity index (χ1v) is 8.19. The molecule has 3 rings (SSSR count). The zero-order valence-corrected chi connectivity index (χ0v) is 13.6. The molecule has 1 aliphatic carbocycles. The van der Waals surface area contributed by atoms with Crippen molar-refractivity contribution in [3.8, 4) is 0 Å². The summed E-state index contributed by atoms with van der Waals surface area (Å²) in [7, 11) is 0. The zero-order chi connectivity index (χ0) is 16.1. The Morgan fingerprint density at radius 3 is 2.57 bits per heavy atom. The normalized spacial score (nSPS) is 17.3. The Morgan fingerprint density at radius 1 is 1.17 bits per heavy atom. The first-order valence-electron chi connectivity index (χ1n) is 8.19. The highest BCUT2D eigenvalue weighted by molar-refractivity contribution is 5.25. The van der Waals surface area contributed by atoms with E-state index < -0.39 is 0 Å². The first kappa shape index (κ1) is 15.9. The summed E-state index contributed by atoms with van der Waals surface area (Å²) in [5.41, 5.74) is 3.33. The molecule has 23 heavy (non-hydrogen) atoms. The SMILES string of the molecule is Cc1cc(CNC(c2ccccc2)C2(CO)CC=CC2)ccn1. The number of aliphatic hydroxyl groups excluding tert-OH is 1. The number of rotatable bonds is 6. The molecule has 0 saturated heterocycles.